The van der Waals surface area contributed by atoms with Gasteiger partial charge in [0.25, 0.3) is 5.56 Å². The van der Waals surface area contributed by atoms with Crippen LogP contribution in [0.1, 0.15) is 51.1 Å². The highest BCUT2D eigenvalue weighted by molar-refractivity contribution is 5.81. The summed E-state index contributed by atoms with van der Waals surface area (Å²) in [6.07, 6.45) is 1.98. The van der Waals surface area contributed by atoms with Crippen molar-refractivity contribution >= 4 is 11.8 Å². The highest BCUT2D eigenvalue weighted by Gasteiger charge is 2.42. The van der Waals surface area contributed by atoms with E-state index in [0.29, 0.717) is 25.8 Å². The molecule has 4 atom stereocenters. The lowest BCUT2D eigenvalue weighted by molar-refractivity contribution is -0.134. The van der Waals surface area contributed by atoms with Crippen LogP contribution in [0, 0.1) is 6.92 Å². The number of aromatic nitrogens is 2. The maximum Gasteiger partial charge on any atom is 0.328 e. The summed E-state index contributed by atoms with van der Waals surface area (Å²) in [5, 5.41) is 24.0. The quantitative estimate of drug-likeness (QED) is 0.317. The summed E-state index contributed by atoms with van der Waals surface area (Å²) in [6, 6.07) is -1.70. The van der Waals surface area contributed by atoms with Crippen LogP contribution in [-0.2, 0) is 9.59 Å². The van der Waals surface area contributed by atoms with E-state index in [1.54, 1.807) is 0 Å². The van der Waals surface area contributed by atoms with Crippen LogP contribution in [0.15, 0.2) is 15.8 Å². The van der Waals surface area contributed by atoms with Gasteiger partial charge in [-0.1, -0.05) is 0 Å². The lowest BCUT2D eigenvalue weighted by Gasteiger charge is -2.34. The van der Waals surface area contributed by atoms with Crippen molar-refractivity contribution < 1.29 is 19.8 Å². The minimum atomic E-state index is -1.51. The Morgan fingerprint density at radius 1 is 1.35 bits per heavy atom. The van der Waals surface area contributed by atoms with Crippen molar-refractivity contribution in [2.24, 2.45) is 5.73 Å². The first kappa shape index (κ1) is 24.8. The van der Waals surface area contributed by atoms with E-state index >= 15 is 0 Å². The molecule has 0 radical (unpaired) electrons. The van der Waals surface area contributed by atoms with Crippen molar-refractivity contribution in [3.63, 3.8) is 0 Å². The Morgan fingerprint density at radius 2 is 2.03 bits per heavy atom. The van der Waals surface area contributed by atoms with E-state index in [1.807, 2.05) is 0 Å². The predicted octanol–water partition coefficient (Wildman–Crippen LogP) is -1.64. The molecular formula is C20H33N5O6. The number of nitrogens with two attached hydrogens (primary N) is 1. The fourth-order valence-electron chi connectivity index (χ4n) is 3.91. The van der Waals surface area contributed by atoms with Crippen molar-refractivity contribution in [2.75, 3.05) is 19.6 Å². The van der Waals surface area contributed by atoms with Crippen molar-refractivity contribution in [3.05, 3.63) is 32.6 Å². The maximum absolute atomic E-state index is 13.0. The van der Waals surface area contributed by atoms with Gasteiger partial charge in [-0.3, -0.25) is 23.9 Å². The lowest BCUT2D eigenvalue weighted by atomic mass is 9.91. The lowest BCUT2D eigenvalue weighted by Crippen LogP contribution is -2.50. The number of nitrogens with zero attached hydrogens (tertiary/aromatic N) is 2. The highest BCUT2D eigenvalue weighted by Crippen LogP contribution is 2.31. The van der Waals surface area contributed by atoms with Crippen LogP contribution in [0.2, 0.25) is 0 Å². The molecule has 1 fully saturated rings. The molecule has 0 aliphatic carbocycles. The van der Waals surface area contributed by atoms with Crippen LogP contribution in [0.3, 0.4) is 0 Å². The molecule has 0 unspecified atom stereocenters. The number of carbonyl (C=O) groups is 2. The third-order valence-electron chi connectivity index (χ3n) is 5.62. The van der Waals surface area contributed by atoms with Gasteiger partial charge in [-0.2, -0.15) is 0 Å². The minimum Gasteiger partial charge on any atom is -0.391 e. The molecule has 0 saturated carbocycles. The van der Waals surface area contributed by atoms with E-state index in [1.165, 1.54) is 36.4 Å². The topological polar surface area (TPSA) is 171 Å². The molecule has 0 spiro atoms. The predicted molar refractivity (Wildman–Crippen MR) is 113 cm³/mol. The van der Waals surface area contributed by atoms with E-state index in [0.717, 1.165) is 0 Å². The number of amides is 2. The first-order chi connectivity index (χ1) is 14.4. The fraction of sp³-hybridized carbons (Fsp3) is 0.700. The average Bonchev–Trinajstić information content (AvgIpc) is 2.77. The van der Waals surface area contributed by atoms with Crippen LogP contribution < -0.4 is 22.3 Å². The minimum absolute atomic E-state index is 0.0256. The third kappa shape index (κ3) is 6.49. The van der Waals surface area contributed by atoms with E-state index in [2.05, 4.69) is 10.3 Å². The number of aromatic amines is 1. The van der Waals surface area contributed by atoms with E-state index < -0.39 is 40.9 Å². The Morgan fingerprint density at radius 3 is 2.68 bits per heavy atom. The molecule has 1 saturated heterocycles. The molecule has 2 heterocycles. The zero-order chi connectivity index (χ0) is 23.3. The SMILES string of the molecule is CC(=O)NCCCC[C@H](N)C(=O)N1C[C@H](O)C[C@](C)(O)[C@@H](n2cc(C)c(=O)[nH]c2=O)C1. The molecule has 31 heavy (non-hydrogen) atoms. The largest absolute Gasteiger partial charge is 0.391 e. The molecule has 6 N–H and O–H groups in total. The van der Waals surface area contributed by atoms with Crippen LogP contribution in [0.4, 0.5) is 0 Å². The number of H-pyrrole nitrogens is 1. The summed E-state index contributed by atoms with van der Waals surface area (Å²) in [4.78, 5) is 51.6. The molecule has 2 rings (SSSR count). The smallest absolute Gasteiger partial charge is 0.328 e. The van der Waals surface area contributed by atoms with E-state index in [4.69, 9.17) is 5.73 Å². The second-order valence-corrected chi connectivity index (χ2v) is 8.54. The molecule has 11 nitrogen and oxygen atoms in total. The number of hydrogen-bond acceptors (Lipinski definition) is 7. The molecule has 1 aliphatic heterocycles. The molecular weight excluding hydrogens is 406 g/mol. The number of likely N-dealkylation sites (tertiary alicyclic amines) is 1. The summed E-state index contributed by atoms with van der Waals surface area (Å²) in [5.41, 5.74) is 3.62. The van der Waals surface area contributed by atoms with Gasteiger partial charge in [0.05, 0.1) is 23.8 Å². The number of hydrogen-bond donors (Lipinski definition) is 5. The Kier molecular flexibility index (Phi) is 8.15. The average molecular weight is 440 g/mol. The van der Waals surface area contributed by atoms with Gasteiger partial charge in [0.1, 0.15) is 0 Å². The van der Waals surface area contributed by atoms with Crippen LogP contribution >= 0.6 is 0 Å². The monoisotopic (exact) mass is 439 g/mol. The number of aliphatic hydroxyl groups excluding tert-OH is 1. The molecule has 1 aromatic rings. The van der Waals surface area contributed by atoms with Crippen molar-refractivity contribution in [1.82, 2.24) is 19.8 Å². The first-order valence-corrected chi connectivity index (χ1v) is 10.4. The van der Waals surface area contributed by atoms with Crippen LogP contribution in [-0.4, -0.2) is 73.9 Å². The maximum atomic E-state index is 13.0. The Bertz CT molecular complexity index is 908. The second-order valence-electron chi connectivity index (χ2n) is 8.54. The summed E-state index contributed by atoms with van der Waals surface area (Å²) in [6.45, 7) is 4.88. The van der Waals surface area contributed by atoms with E-state index in [-0.39, 0.29) is 31.0 Å². The van der Waals surface area contributed by atoms with Gasteiger partial charge in [0.2, 0.25) is 11.8 Å². The second kappa shape index (κ2) is 10.2. The first-order valence-electron chi connectivity index (χ1n) is 10.4. The summed E-state index contributed by atoms with van der Waals surface area (Å²) in [5.74, 6) is -0.514. The molecule has 174 valence electrons. The Balaban J connectivity index is 2.18. The van der Waals surface area contributed by atoms with Gasteiger partial charge >= 0.3 is 5.69 Å². The summed E-state index contributed by atoms with van der Waals surface area (Å²) >= 11 is 0. The number of nitrogens with one attached hydrogen (secondary N) is 2. The third-order valence-corrected chi connectivity index (χ3v) is 5.62. The van der Waals surface area contributed by atoms with Crippen molar-refractivity contribution in [3.8, 4) is 0 Å². The number of aliphatic hydroxyl groups is 2. The van der Waals surface area contributed by atoms with Gasteiger partial charge in [-0.15, -0.1) is 0 Å². The number of rotatable bonds is 7. The number of aryl methyl sites for hydroxylation is 1. The van der Waals surface area contributed by atoms with Gasteiger partial charge in [-0.25, -0.2) is 4.79 Å². The van der Waals surface area contributed by atoms with E-state index in [9.17, 15) is 29.4 Å². The normalized spacial score (nSPS) is 25.0. The molecule has 0 aromatic carbocycles. The highest BCUT2D eigenvalue weighted by atomic mass is 16.3. The standard InChI is InChI=1S/C20H33N5O6/c1-12-9-25(19(30)23-17(12)28)16-11-24(10-14(27)8-20(16,3)31)18(29)15(21)6-4-5-7-22-13(2)26/h9,14-16,27,31H,4-8,10-11,21H2,1-3H3,(H,22,26)(H,23,28,30)/t14-,15+,16+,20+/m1/s1. The number of β-amino-alcohol motifs (C(OH)–C–C–N with tert-alkyl or cyclic N) is 1. The fourth-order valence-corrected chi connectivity index (χ4v) is 3.91. The van der Waals surface area contributed by atoms with Gasteiger partial charge in [-0.05, 0) is 33.1 Å². The Labute approximate surface area is 180 Å². The van der Waals surface area contributed by atoms with Crippen LogP contribution in [0.25, 0.3) is 0 Å². The molecule has 11 heteroatoms. The number of carbonyl (C=O) groups excluding carboxylic acids is 2. The molecule has 0 bridgehead atoms. The van der Waals surface area contributed by atoms with Crippen molar-refractivity contribution in [1.29, 1.82) is 0 Å². The summed E-state index contributed by atoms with van der Waals surface area (Å²) < 4.78 is 1.20. The van der Waals surface area contributed by atoms with Gasteiger partial charge in [0.15, 0.2) is 0 Å². The zero-order valence-electron chi connectivity index (χ0n) is 18.3. The number of unbranched alkanes of at least 4 members (excludes halogenated alkanes) is 1. The zero-order valence-corrected chi connectivity index (χ0v) is 18.3. The van der Waals surface area contributed by atoms with Gasteiger partial charge < -0.3 is 26.2 Å². The van der Waals surface area contributed by atoms with Gasteiger partial charge in [0, 0.05) is 44.7 Å². The Hall–Kier alpha value is -2.50. The molecule has 2 amide bonds. The molecule has 1 aromatic heterocycles. The van der Waals surface area contributed by atoms with Crippen LogP contribution in [0.5, 0.6) is 0 Å². The van der Waals surface area contributed by atoms with Crippen molar-refractivity contribution in [2.45, 2.75) is 70.2 Å². The molecule has 1 aliphatic rings. The summed E-state index contributed by atoms with van der Waals surface area (Å²) in [7, 11) is 0.